The number of rotatable bonds is 2. The van der Waals surface area contributed by atoms with Gasteiger partial charge in [-0.25, -0.2) is 0 Å². The molecule has 2 aromatic carbocycles. The highest BCUT2D eigenvalue weighted by Crippen LogP contribution is 2.44. The molecule has 1 aliphatic heterocycles. The molecule has 0 aliphatic carbocycles. The Morgan fingerprint density at radius 3 is 2.67 bits per heavy atom. The van der Waals surface area contributed by atoms with Crippen molar-refractivity contribution in [2.24, 2.45) is 5.73 Å². The van der Waals surface area contributed by atoms with Gasteiger partial charge in [-0.05, 0) is 31.2 Å². The highest BCUT2D eigenvalue weighted by atomic mass is 35.5. The first-order valence-electron chi connectivity index (χ1n) is 6.52. The zero-order chi connectivity index (χ0) is 15.2. The third kappa shape index (κ3) is 2.07. The quantitative estimate of drug-likeness (QED) is 0.927. The Labute approximate surface area is 128 Å². The molecule has 3 rings (SSSR count). The summed E-state index contributed by atoms with van der Waals surface area (Å²) < 4.78 is 5.25. The average Bonchev–Trinajstić information content (AvgIpc) is 2.66. The molecular formula is C16H15ClN2O2. The van der Waals surface area contributed by atoms with E-state index in [1.165, 1.54) is 0 Å². The molecule has 21 heavy (non-hydrogen) atoms. The number of carbonyl (C=O) groups is 1. The van der Waals surface area contributed by atoms with Crippen LogP contribution in [0.4, 0.5) is 11.4 Å². The number of nitrogens with zero attached hydrogens (tertiary/aromatic N) is 1. The third-order valence-corrected chi connectivity index (χ3v) is 3.95. The van der Waals surface area contributed by atoms with E-state index in [9.17, 15) is 4.79 Å². The molecule has 2 aromatic rings. The lowest BCUT2D eigenvalue weighted by Crippen LogP contribution is -2.43. The van der Waals surface area contributed by atoms with E-state index in [2.05, 4.69) is 0 Å². The number of nitrogens with two attached hydrogens (primary N) is 1. The van der Waals surface area contributed by atoms with Crippen LogP contribution in [0.15, 0.2) is 42.5 Å². The van der Waals surface area contributed by atoms with Gasteiger partial charge in [-0.2, -0.15) is 0 Å². The number of halogens is 1. The number of hydrogen-bond donors (Lipinski definition) is 1. The van der Waals surface area contributed by atoms with Gasteiger partial charge in [0.2, 0.25) is 0 Å². The van der Waals surface area contributed by atoms with Gasteiger partial charge in [0.25, 0.3) is 5.91 Å². The van der Waals surface area contributed by atoms with Crippen LogP contribution in [0.25, 0.3) is 0 Å². The van der Waals surface area contributed by atoms with Crippen molar-refractivity contribution >= 4 is 28.9 Å². The molecule has 0 aromatic heterocycles. The molecule has 1 aliphatic rings. The maximum atomic E-state index is 12.7. The van der Waals surface area contributed by atoms with Crippen LogP contribution in [0, 0.1) is 0 Å². The van der Waals surface area contributed by atoms with Crippen molar-refractivity contribution in [3.8, 4) is 5.75 Å². The van der Waals surface area contributed by atoms with E-state index in [4.69, 9.17) is 22.1 Å². The van der Waals surface area contributed by atoms with Crippen molar-refractivity contribution in [3.05, 3.63) is 53.1 Å². The molecule has 108 valence electrons. The van der Waals surface area contributed by atoms with E-state index in [1.54, 1.807) is 43.2 Å². The molecule has 1 unspecified atom stereocenters. The minimum atomic E-state index is -1.07. The van der Waals surface area contributed by atoms with Crippen molar-refractivity contribution in [2.75, 3.05) is 12.0 Å². The van der Waals surface area contributed by atoms with Crippen LogP contribution in [0.3, 0.4) is 0 Å². The number of carbonyl (C=O) groups excluding carboxylic acids is 1. The fraction of sp³-hybridized carbons (Fsp3) is 0.188. The first kappa shape index (κ1) is 13.9. The second-order valence-corrected chi connectivity index (χ2v) is 5.64. The number of fused-ring (bicyclic) bond motifs is 1. The predicted octanol–water partition coefficient (Wildman–Crippen LogP) is 3.20. The fourth-order valence-corrected chi connectivity index (χ4v) is 2.78. The second kappa shape index (κ2) is 4.76. The van der Waals surface area contributed by atoms with Crippen molar-refractivity contribution in [3.63, 3.8) is 0 Å². The van der Waals surface area contributed by atoms with Crippen LogP contribution in [-0.2, 0) is 10.3 Å². The van der Waals surface area contributed by atoms with Gasteiger partial charge < -0.3 is 10.5 Å². The number of anilines is 2. The number of hydrogen-bond acceptors (Lipinski definition) is 3. The van der Waals surface area contributed by atoms with Gasteiger partial charge in [-0.15, -0.1) is 0 Å². The SMILES string of the molecule is COc1ccc2c(c1)N(c1cccc(Cl)c1)C(=O)C2(C)N. The number of ether oxygens (including phenoxy) is 1. The molecule has 5 heteroatoms. The zero-order valence-corrected chi connectivity index (χ0v) is 12.5. The summed E-state index contributed by atoms with van der Waals surface area (Å²) in [5, 5.41) is 0.565. The topological polar surface area (TPSA) is 55.6 Å². The largest absolute Gasteiger partial charge is 0.497 e. The maximum Gasteiger partial charge on any atom is 0.256 e. The lowest BCUT2D eigenvalue weighted by molar-refractivity contribution is -0.121. The summed E-state index contributed by atoms with van der Waals surface area (Å²) in [7, 11) is 1.59. The average molecular weight is 303 g/mol. The molecule has 0 saturated carbocycles. The summed E-state index contributed by atoms with van der Waals surface area (Å²) >= 11 is 6.03. The summed E-state index contributed by atoms with van der Waals surface area (Å²) in [5.41, 5.74) is 7.35. The Morgan fingerprint density at radius 2 is 2.00 bits per heavy atom. The Bertz CT molecular complexity index is 728. The molecule has 4 nitrogen and oxygen atoms in total. The van der Waals surface area contributed by atoms with Crippen LogP contribution in [0.5, 0.6) is 5.75 Å². The second-order valence-electron chi connectivity index (χ2n) is 5.21. The molecule has 1 amide bonds. The van der Waals surface area contributed by atoms with Crippen molar-refractivity contribution in [1.29, 1.82) is 0 Å². The van der Waals surface area contributed by atoms with Gasteiger partial charge in [0.15, 0.2) is 0 Å². The van der Waals surface area contributed by atoms with Crippen LogP contribution < -0.4 is 15.4 Å². The van der Waals surface area contributed by atoms with Gasteiger partial charge in [0.05, 0.1) is 18.5 Å². The van der Waals surface area contributed by atoms with E-state index in [0.29, 0.717) is 16.5 Å². The van der Waals surface area contributed by atoms with E-state index in [0.717, 1.165) is 11.3 Å². The van der Waals surface area contributed by atoms with Crippen molar-refractivity contribution < 1.29 is 9.53 Å². The Balaban J connectivity index is 2.21. The highest BCUT2D eigenvalue weighted by Gasteiger charge is 2.45. The molecule has 0 fully saturated rings. The van der Waals surface area contributed by atoms with Crippen LogP contribution in [-0.4, -0.2) is 13.0 Å². The normalized spacial score (nSPS) is 20.6. The molecule has 1 heterocycles. The van der Waals surface area contributed by atoms with E-state index >= 15 is 0 Å². The summed E-state index contributed by atoms with van der Waals surface area (Å²) in [6, 6.07) is 12.6. The number of amides is 1. The summed E-state index contributed by atoms with van der Waals surface area (Å²) in [4.78, 5) is 14.3. The first-order chi connectivity index (χ1) is 9.95. The van der Waals surface area contributed by atoms with Crippen LogP contribution >= 0.6 is 11.6 Å². The summed E-state index contributed by atoms with van der Waals surface area (Å²) in [6.45, 7) is 1.71. The molecule has 0 radical (unpaired) electrons. The zero-order valence-electron chi connectivity index (χ0n) is 11.8. The van der Waals surface area contributed by atoms with Crippen LogP contribution in [0.2, 0.25) is 5.02 Å². The van der Waals surface area contributed by atoms with Gasteiger partial charge in [-0.3, -0.25) is 9.69 Å². The maximum absolute atomic E-state index is 12.7. The van der Waals surface area contributed by atoms with E-state index < -0.39 is 5.54 Å². The molecule has 0 bridgehead atoms. The monoisotopic (exact) mass is 302 g/mol. The van der Waals surface area contributed by atoms with Crippen molar-refractivity contribution in [1.82, 2.24) is 0 Å². The lowest BCUT2D eigenvalue weighted by Gasteiger charge is -2.20. The number of methoxy groups -OCH3 is 1. The molecule has 1 atom stereocenters. The van der Waals surface area contributed by atoms with Gasteiger partial charge >= 0.3 is 0 Å². The lowest BCUT2D eigenvalue weighted by atomic mass is 9.95. The van der Waals surface area contributed by atoms with Crippen LogP contribution in [0.1, 0.15) is 12.5 Å². The molecule has 0 spiro atoms. The fourth-order valence-electron chi connectivity index (χ4n) is 2.59. The third-order valence-electron chi connectivity index (χ3n) is 3.72. The standard InChI is InChI=1S/C16H15ClN2O2/c1-16(18)13-7-6-12(21-2)9-14(13)19(15(16)20)11-5-3-4-10(17)8-11/h3-9H,18H2,1-2H3. The Hall–Kier alpha value is -2.04. The minimum absolute atomic E-state index is 0.187. The Morgan fingerprint density at radius 1 is 1.24 bits per heavy atom. The Kier molecular flexibility index (Phi) is 3.15. The van der Waals surface area contributed by atoms with Gasteiger partial charge in [0, 0.05) is 16.7 Å². The summed E-state index contributed by atoms with van der Waals surface area (Å²) in [5.74, 6) is 0.485. The van der Waals surface area contributed by atoms with E-state index in [1.807, 2.05) is 18.2 Å². The molecule has 0 saturated heterocycles. The highest BCUT2D eigenvalue weighted by molar-refractivity contribution is 6.31. The predicted molar refractivity (Wildman–Crippen MR) is 83.1 cm³/mol. The van der Waals surface area contributed by atoms with E-state index in [-0.39, 0.29) is 5.91 Å². The minimum Gasteiger partial charge on any atom is -0.497 e. The number of benzene rings is 2. The summed E-state index contributed by atoms with van der Waals surface area (Å²) in [6.07, 6.45) is 0. The first-order valence-corrected chi connectivity index (χ1v) is 6.90. The van der Waals surface area contributed by atoms with Crippen molar-refractivity contribution in [2.45, 2.75) is 12.5 Å². The molecule has 2 N–H and O–H groups in total. The smallest absolute Gasteiger partial charge is 0.256 e. The van der Waals surface area contributed by atoms with Gasteiger partial charge in [0.1, 0.15) is 11.3 Å². The molecular weight excluding hydrogens is 288 g/mol. The van der Waals surface area contributed by atoms with Gasteiger partial charge in [-0.1, -0.05) is 23.7 Å².